The zero-order valence-corrected chi connectivity index (χ0v) is 15.8. The van der Waals surface area contributed by atoms with E-state index in [4.69, 9.17) is 4.74 Å². The Labute approximate surface area is 165 Å². The number of aliphatic hydroxyl groups excluding tert-OH is 1. The average Bonchev–Trinajstić information content (AvgIpc) is 2.70. The van der Waals surface area contributed by atoms with Crippen molar-refractivity contribution in [3.05, 3.63) is 76.9 Å². The number of sulfone groups is 1. The largest absolute Gasteiger partial charge is 0.449 e. The van der Waals surface area contributed by atoms with Crippen molar-refractivity contribution >= 4 is 21.2 Å². The van der Waals surface area contributed by atoms with Crippen molar-refractivity contribution in [2.75, 3.05) is 6.61 Å². The van der Waals surface area contributed by atoms with Crippen molar-refractivity contribution in [2.45, 2.75) is 18.0 Å². The second kappa shape index (κ2) is 8.00. The van der Waals surface area contributed by atoms with E-state index in [1.54, 1.807) is 30.3 Å². The third-order valence-corrected chi connectivity index (χ3v) is 6.42. The van der Waals surface area contributed by atoms with Crippen LogP contribution in [0.1, 0.15) is 21.9 Å². The Morgan fingerprint density at radius 3 is 2.28 bits per heavy atom. The lowest BCUT2D eigenvalue weighted by Crippen LogP contribution is -2.40. The van der Waals surface area contributed by atoms with Crippen LogP contribution >= 0.6 is 0 Å². The van der Waals surface area contributed by atoms with Crippen LogP contribution in [0.15, 0.2) is 60.2 Å². The van der Waals surface area contributed by atoms with E-state index in [1.165, 1.54) is 24.3 Å². The first kappa shape index (κ1) is 21.1. The minimum Gasteiger partial charge on any atom is -0.449 e. The first-order chi connectivity index (χ1) is 13.7. The van der Waals surface area contributed by atoms with Crippen LogP contribution in [-0.4, -0.2) is 31.6 Å². The van der Waals surface area contributed by atoms with E-state index in [1.807, 2.05) is 0 Å². The molecule has 1 N–H and O–H groups in total. The van der Waals surface area contributed by atoms with E-state index in [0.29, 0.717) is 5.56 Å². The van der Waals surface area contributed by atoms with Crippen molar-refractivity contribution < 1.29 is 36.2 Å². The minimum absolute atomic E-state index is 0.163. The molecule has 0 heterocycles. The fourth-order valence-corrected chi connectivity index (χ4v) is 5.01. The summed E-state index contributed by atoms with van der Waals surface area (Å²) in [6.45, 7) is -1.39. The summed E-state index contributed by atoms with van der Waals surface area (Å²) < 4.78 is 72.0. The summed E-state index contributed by atoms with van der Waals surface area (Å²) >= 11 is 0. The summed E-state index contributed by atoms with van der Waals surface area (Å²) in [6, 6.07) is 13.7. The Hall–Kier alpha value is -2.65. The van der Waals surface area contributed by atoms with Crippen LogP contribution in [0.2, 0.25) is 0 Å². The van der Waals surface area contributed by atoms with Crippen molar-refractivity contribution in [3.63, 3.8) is 0 Å². The van der Waals surface area contributed by atoms with E-state index in [9.17, 15) is 31.5 Å². The molecule has 2 aromatic carbocycles. The first-order valence-corrected chi connectivity index (χ1v) is 10.1. The van der Waals surface area contributed by atoms with Gasteiger partial charge in [0.15, 0.2) is 0 Å². The van der Waals surface area contributed by atoms with Crippen LogP contribution in [0.3, 0.4) is 0 Å². The van der Waals surface area contributed by atoms with Gasteiger partial charge in [-0.2, -0.15) is 13.2 Å². The molecule has 5 nitrogen and oxygen atoms in total. The molecule has 154 valence electrons. The molecule has 0 bridgehead atoms. The Kier molecular flexibility index (Phi) is 5.81. The van der Waals surface area contributed by atoms with Crippen molar-refractivity contribution in [1.29, 1.82) is 0 Å². The zero-order chi connectivity index (χ0) is 21.2. The molecule has 0 saturated carbocycles. The number of ether oxygens (including phenoxy) is 1. The highest BCUT2D eigenvalue weighted by Gasteiger charge is 2.56. The number of aliphatic hydroxyl groups is 1. The van der Waals surface area contributed by atoms with Crippen molar-refractivity contribution in [1.82, 2.24) is 0 Å². The van der Waals surface area contributed by atoms with Gasteiger partial charge >= 0.3 is 11.5 Å². The van der Waals surface area contributed by atoms with E-state index < -0.39 is 51.3 Å². The molecular weight excluding hydrogens is 409 g/mol. The molecule has 3 rings (SSSR count). The molecule has 29 heavy (non-hydrogen) atoms. The number of alkyl halides is 3. The maximum Gasteiger partial charge on any atom is 0.425 e. The van der Waals surface area contributed by atoms with Gasteiger partial charge in [-0.3, -0.25) is 0 Å². The molecule has 1 aliphatic rings. The third kappa shape index (κ3) is 4.20. The van der Waals surface area contributed by atoms with E-state index in [2.05, 4.69) is 0 Å². The fourth-order valence-electron chi connectivity index (χ4n) is 3.34. The monoisotopic (exact) mass is 426 g/mol. The van der Waals surface area contributed by atoms with Gasteiger partial charge in [0.2, 0.25) is 0 Å². The highest BCUT2D eigenvalue weighted by atomic mass is 32.2. The fraction of sp³-hybridized carbons (Fsp3) is 0.250. The molecule has 0 spiro atoms. The molecule has 1 unspecified atom stereocenters. The Bertz CT molecular complexity index is 1030. The Morgan fingerprint density at radius 2 is 1.66 bits per heavy atom. The van der Waals surface area contributed by atoms with Gasteiger partial charge in [0.1, 0.15) is 11.9 Å². The number of hydrogen-bond donors (Lipinski definition) is 1. The lowest BCUT2D eigenvalue weighted by molar-refractivity contribution is -0.166. The highest BCUT2D eigenvalue weighted by molar-refractivity contribution is 8.05. The van der Waals surface area contributed by atoms with E-state index >= 15 is 0 Å². The van der Waals surface area contributed by atoms with Crippen molar-refractivity contribution in [2.24, 2.45) is 5.92 Å². The predicted octanol–water partition coefficient (Wildman–Crippen LogP) is 4.05. The number of benzene rings is 2. The minimum atomic E-state index is -5.05. The molecule has 0 aromatic heterocycles. The molecule has 9 heteroatoms. The topological polar surface area (TPSA) is 80.7 Å². The number of rotatable bonds is 4. The van der Waals surface area contributed by atoms with Crippen LogP contribution < -0.4 is 0 Å². The van der Waals surface area contributed by atoms with Gasteiger partial charge < -0.3 is 9.84 Å². The van der Waals surface area contributed by atoms with E-state index in [-0.39, 0.29) is 11.1 Å². The second-order valence-corrected chi connectivity index (χ2v) is 8.45. The SMILES string of the molecule is O=C(OCc1ccccc1)S(=O)(=O)C1c2ccccc2C=C(CO)[C@H]1C(F)(F)F. The number of hydrogen-bond acceptors (Lipinski definition) is 5. The second-order valence-electron chi connectivity index (χ2n) is 6.52. The smallest absolute Gasteiger partial charge is 0.425 e. The van der Waals surface area contributed by atoms with Gasteiger partial charge in [-0.05, 0) is 22.3 Å². The molecule has 1 aliphatic carbocycles. The lowest BCUT2D eigenvalue weighted by Gasteiger charge is -2.33. The zero-order valence-electron chi connectivity index (χ0n) is 15.0. The lowest BCUT2D eigenvalue weighted by atomic mass is 9.82. The number of halogens is 3. The Morgan fingerprint density at radius 1 is 1.03 bits per heavy atom. The molecule has 0 radical (unpaired) electrons. The maximum atomic E-state index is 13.8. The standard InChI is InChI=1S/C20H17F3O5S/c21-20(22,23)17-15(11-24)10-14-8-4-5-9-16(14)18(17)29(26,27)19(25)28-12-13-6-2-1-3-7-13/h1-10,17-18,24H,11-12H2/t17-,18?/m1/s1. The summed E-state index contributed by atoms with van der Waals surface area (Å²) in [4.78, 5) is 12.4. The van der Waals surface area contributed by atoms with Gasteiger partial charge in [0.05, 0.1) is 12.5 Å². The molecule has 2 aromatic rings. The molecule has 2 atom stereocenters. The summed E-state index contributed by atoms with van der Waals surface area (Å²) in [6.07, 6.45) is -3.89. The molecule has 0 fully saturated rings. The van der Waals surface area contributed by atoms with Gasteiger partial charge in [-0.1, -0.05) is 60.7 Å². The molecule has 0 aliphatic heterocycles. The van der Waals surface area contributed by atoms with Crippen LogP contribution in [0.25, 0.3) is 6.08 Å². The van der Waals surface area contributed by atoms with Gasteiger partial charge in [-0.25, -0.2) is 13.2 Å². The van der Waals surface area contributed by atoms with Crippen LogP contribution in [0, 0.1) is 5.92 Å². The van der Waals surface area contributed by atoms with E-state index in [0.717, 1.165) is 6.08 Å². The maximum absolute atomic E-state index is 13.8. The summed E-state index contributed by atoms with van der Waals surface area (Å²) in [7, 11) is -5.05. The average molecular weight is 426 g/mol. The Balaban J connectivity index is 2.02. The summed E-state index contributed by atoms with van der Waals surface area (Å²) in [5.41, 5.74) is -0.00536. The van der Waals surface area contributed by atoms with Crippen LogP contribution in [-0.2, 0) is 21.2 Å². The highest BCUT2D eigenvalue weighted by Crippen LogP contribution is 2.49. The van der Waals surface area contributed by atoms with Gasteiger partial charge in [-0.15, -0.1) is 0 Å². The molecule has 0 amide bonds. The number of fused-ring (bicyclic) bond motifs is 1. The summed E-state index contributed by atoms with van der Waals surface area (Å²) in [5.74, 6) is -2.56. The van der Waals surface area contributed by atoms with Crippen LogP contribution in [0.4, 0.5) is 18.0 Å². The first-order valence-electron chi connectivity index (χ1n) is 8.58. The van der Waals surface area contributed by atoms with Crippen LogP contribution in [0.5, 0.6) is 0 Å². The van der Waals surface area contributed by atoms with Gasteiger partial charge in [0, 0.05) is 0 Å². The normalized spacial score (nSPS) is 19.2. The summed E-state index contributed by atoms with van der Waals surface area (Å²) in [5, 5.41) is 5.46. The predicted molar refractivity (Wildman–Crippen MR) is 99.3 cm³/mol. The third-order valence-electron chi connectivity index (χ3n) is 4.65. The quantitative estimate of drug-likeness (QED) is 0.747. The molecular formula is C20H17F3O5S. The van der Waals surface area contributed by atoms with Gasteiger partial charge in [0.25, 0.3) is 9.84 Å². The number of carbonyl (C=O) groups excluding carboxylic acids is 1. The number of carbonyl (C=O) groups is 1. The van der Waals surface area contributed by atoms with Crippen molar-refractivity contribution in [3.8, 4) is 0 Å². The molecule has 0 saturated heterocycles.